The van der Waals surface area contributed by atoms with Gasteiger partial charge in [-0.1, -0.05) is 83.3 Å². The van der Waals surface area contributed by atoms with Crippen molar-refractivity contribution >= 4 is 43.1 Å². The molecule has 2 heterocycles. The first kappa shape index (κ1) is 19.0. The Hall–Kier alpha value is -3.74. The number of hydrogen-bond donors (Lipinski definition) is 0. The van der Waals surface area contributed by atoms with E-state index in [2.05, 4.69) is 81.9 Å². The largest absolute Gasteiger partial charge is 0.284 e. The van der Waals surface area contributed by atoms with Gasteiger partial charge < -0.3 is 0 Å². The molecule has 32 heavy (non-hydrogen) atoms. The van der Waals surface area contributed by atoms with E-state index in [0.717, 1.165) is 32.0 Å². The lowest BCUT2D eigenvalue weighted by atomic mass is 10.3. The van der Waals surface area contributed by atoms with Crippen LogP contribution in [0.15, 0.2) is 119 Å². The van der Waals surface area contributed by atoms with Crippen molar-refractivity contribution in [3.63, 3.8) is 0 Å². The Morgan fingerprint density at radius 1 is 0.438 bits per heavy atom. The molecule has 0 fully saturated rings. The number of para-hydroxylation sites is 4. The van der Waals surface area contributed by atoms with Gasteiger partial charge in [0, 0.05) is 11.4 Å². The van der Waals surface area contributed by atoms with Crippen LogP contribution >= 0.6 is 22.7 Å². The highest BCUT2D eigenvalue weighted by Gasteiger charge is 2.09. The SMILES string of the molecule is c1ccc(-n2/c(=N\N=c3\sc4ccccc4n3-c3ccccc3)sc3ccccc32)cc1. The van der Waals surface area contributed by atoms with Gasteiger partial charge in [0.1, 0.15) is 0 Å². The second kappa shape index (κ2) is 8.07. The number of aromatic nitrogens is 2. The summed E-state index contributed by atoms with van der Waals surface area (Å²) >= 11 is 3.29. The Bertz CT molecular complexity index is 1540. The summed E-state index contributed by atoms with van der Waals surface area (Å²) in [4.78, 5) is 1.68. The first-order chi connectivity index (χ1) is 15.9. The molecule has 4 aromatic carbocycles. The minimum Gasteiger partial charge on any atom is -0.284 e. The van der Waals surface area contributed by atoms with Crippen LogP contribution in [0, 0.1) is 0 Å². The molecule has 6 heteroatoms. The molecule has 0 atom stereocenters. The average molecular weight is 451 g/mol. The Morgan fingerprint density at radius 2 is 0.812 bits per heavy atom. The first-order valence-electron chi connectivity index (χ1n) is 10.3. The molecule has 0 aliphatic rings. The summed E-state index contributed by atoms with van der Waals surface area (Å²) in [6, 6.07) is 37.4. The van der Waals surface area contributed by atoms with Crippen LogP contribution in [-0.4, -0.2) is 9.13 Å². The molecule has 6 aromatic rings. The predicted molar refractivity (Wildman–Crippen MR) is 133 cm³/mol. The summed E-state index contributed by atoms with van der Waals surface area (Å²) in [5.41, 5.74) is 4.41. The number of fused-ring (bicyclic) bond motifs is 2. The van der Waals surface area contributed by atoms with Crippen molar-refractivity contribution < 1.29 is 0 Å². The minimum atomic E-state index is 0.842. The van der Waals surface area contributed by atoms with Crippen molar-refractivity contribution in [1.82, 2.24) is 9.13 Å². The van der Waals surface area contributed by atoms with Crippen molar-refractivity contribution in [2.75, 3.05) is 0 Å². The second-order valence-corrected chi connectivity index (χ2v) is 9.26. The molecule has 4 nitrogen and oxygen atoms in total. The number of nitrogens with zero attached hydrogens (tertiary/aromatic N) is 4. The van der Waals surface area contributed by atoms with Gasteiger partial charge in [-0.15, -0.1) is 10.2 Å². The molecule has 2 aromatic heterocycles. The average Bonchev–Trinajstić information content (AvgIpc) is 3.41. The van der Waals surface area contributed by atoms with Crippen LogP contribution in [0.2, 0.25) is 0 Å². The van der Waals surface area contributed by atoms with Gasteiger partial charge >= 0.3 is 0 Å². The lowest BCUT2D eigenvalue weighted by molar-refractivity contribution is 0.933. The lowest BCUT2D eigenvalue weighted by Gasteiger charge is -2.04. The molecule has 0 amide bonds. The van der Waals surface area contributed by atoms with E-state index in [1.54, 1.807) is 22.7 Å². The van der Waals surface area contributed by atoms with E-state index < -0.39 is 0 Å². The van der Waals surface area contributed by atoms with Crippen molar-refractivity contribution in [3.05, 3.63) is 119 Å². The summed E-state index contributed by atoms with van der Waals surface area (Å²) < 4.78 is 6.70. The third-order valence-electron chi connectivity index (χ3n) is 5.25. The Morgan fingerprint density at radius 3 is 1.25 bits per heavy atom. The summed E-state index contributed by atoms with van der Waals surface area (Å²) in [5.74, 6) is 0. The Labute approximate surface area is 192 Å². The van der Waals surface area contributed by atoms with Gasteiger partial charge in [-0.25, -0.2) is 0 Å². The van der Waals surface area contributed by atoms with Gasteiger partial charge in [0.2, 0.25) is 9.60 Å². The van der Waals surface area contributed by atoms with Gasteiger partial charge in [0.05, 0.1) is 20.4 Å². The van der Waals surface area contributed by atoms with Crippen LogP contribution < -0.4 is 9.60 Å². The molecular weight excluding hydrogens is 432 g/mol. The zero-order valence-electron chi connectivity index (χ0n) is 17.0. The van der Waals surface area contributed by atoms with Crippen molar-refractivity contribution in [1.29, 1.82) is 0 Å². The number of rotatable bonds is 3. The van der Waals surface area contributed by atoms with E-state index in [0.29, 0.717) is 0 Å². The van der Waals surface area contributed by atoms with Gasteiger partial charge in [-0.2, -0.15) is 0 Å². The second-order valence-electron chi connectivity index (χ2n) is 7.25. The van der Waals surface area contributed by atoms with E-state index in [9.17, 15) is 0 Å². The monoisotopic (exact) mass is 450 g/mol. The maximum atomic E-state index is 4.77. The highest BCUT2D eigenvalue weighted by molar-refractivity contribution is 7.16. The maximum Gasteiger partial charge on any atom is 0.216 e. The van der Waals surface area contributed by atoms with Gasteiger partial charge in [-0.3, -0.25) is 9.13 Å². The van der Waals surface area contributed by atoms with Crippen LogP contribution in [0.1, 0.15) is 0 Å². The zero-order valence-corrected chi connectivity index (χ0v) is 18.6. The fourth-order valence-corrected chi connectivity index (χ4v) is 5.79. The number of thiazole rings is 2. The predicted octanol–water partition coefficient (Wildman–Crippen LogP) is 6.11. The van der Waals surface area contributed by atoms with Crippen LogP contribution in [-0.2, 0) is 0 Å². The van der Waals surface area contributed by atoms with Crippen LogP contribution in [0.25, 0.3) is 31.8 Å². The summed E-state index contributed by atoms with van der Waals surface area (Å²) in [5, 5.41) is 9.54. The quantitative estimate of drug-likeness (QED) is 0.292. The standard InChI is InChI=1S/C26H18N4S2/c1-3-11-19(12-4-1)29-21-15-7-9-17-23(21)31-25(29)27-28-26-30(20-13-5-2-6-14-20)22-16-8-10-18-24(22)32-26/h1-18H/b27-25+,28-26+. The normalized spacial score (nSPS) is 12.8. The van der Waals surface area contributed by atoms with E-state index in [1.807, 2.05) is 36.4 Å². The van der Waals surface area contributed by atoms with Crippen molar-refractivity contribution in [2.45, 2.75) is 0 Å². The lowest BCUT2D eigenvalue weighted by Crippen LogP contribution is -2.15. The topological polar surface area (TPSA) is 34.6 Å². The van der Waals surface area contributed by atoms with Crippen LogP contribution in [0.3, 0.4) is 0 Å². The summed E-state index contributed by atoms with van der Waals surface area (Å²) in [6.07, 6.45) is 0. The molecule has 0 aliphatic carbocycles. The van der Waals surface area contributed by atoms with Crippen molar-refractivity contribution in [2.24, 2.45) is 10.2 Å². The van der Waals surface area contributed by atoms with Gasteiger partial charge in [-0.05, 0) is 48.5 Å². The Kier molecular flexibility index (Phi) is 4.79. The molecule has 154 valence electrons. The van der Waals surface area contributed by atoms with E-state index in [1.165, 1.54) is 9.40 Å². The number of benzene rings is 4. The fourth-order valence-electron chi connectivity index (χ4n) is 3.82. The van der Waals surface area contributed by atoms with E-state index in [-0.39, 0.29) is 0 Å². The summed E-state index contributed by atoms with van der Waals surface area (Å²) in [7, 11) is 0. The highest BCUT2D eigenvalue weighted by atomic mass is 32.1. The molecular formula is C26H18N4S2. The Balaban J connectivity index is 1.65. The number of hydrogen-bond acceptors (Lipinski definition) is 4. The molecule has 0 N–H and O–H groups in total. The van der Waals surface area contributed by atoms with Crippen molar-refractivity contribution in [3.8, 4) is 11.4 Å². The van der Waals surface area contributed by atoms with Gasteiger partial charge in [0.15, 0.2) is 0 Å². The van der Waals surface area contributed by atoms with Crippen LogP contribution in [0.5, 0.6) is 0 Å². The zero-order chi connectivity index (χ0) is 21.3. The third-order valence-corrected chi connectivity index (χ3v) is 7.27. The molecule has 0 saturated carbocycles. The van der Waals surface area contributed by atoms with E-state index in [4.69, 9.17) is 10.2 Å². The minimum absolute atomic E-state index is 0.842. The molecule has 0 spiro atoms. The molecule has 6 rings (SSSR count). The molecule has 0 radical (unpaired) electrons. The molecule has 0 unspecified atom stereocenters. The highest BCUT2D eigenvalue weighted by Crippen LogP contribution is 2.22. The first-order valence-corrected chi connectivity index (χ1v) is 11.9. The van der Waals surface area contributed by atoms with Crippen LogP contribution in [0.4, 0.5) is 0 Å². The third kappa shape index (κ3) is 3.30. The molecule has 0 aliphatic heterocycles. The maximum absolute atomic E-state index is 4.77. The van der Waals surface area contributed by atoms with Gasteiger partial charge in [0.25, 0.3) is 0 Å². The molecule has 0 saturated heterocycles. The summed E-state index contributed by atoms with van der Waals surface area (Å²) in [6.45, 7) is 0. The van der Waals surface area contributed by atoms with E-state index >= 15 is 0 Å². The fraction of sp³-hybridized carbons (Fsp3) is 0. The smallest absolute Gasteiger partial charge is 0.216 e. The molecule has 0 bridgehead atoms.